The number of carbonyl (C=O) groups excluding carboxylic acids is 1. The van der Waals surface area contributed by atoms with E-state index in [1.807, 2.05) is 17.5 Å². The lowest BCUT2D eigenvalue weighted by atomic mass is 10.0. The van der Waals surface area contributed by atoms with E-state index in [0.29, 0.717) is 17.3 Å². The van der Waals surface area contributed by atoms with Gasteiger partial charge in [-0.15, -0.1) is 11.3 Å². The van der Waals surface area contributed by atoms with Gasteiger partial charge in [-0.25, -0.2) is 9.97 Å². The highest BCUT2D eigenvalue weighted by Gasteiger charge is 2.15. The standard InChI is InChI=1S/C30H28N4OS2/c1-19-4-10-22(11-5-19)25-18-37-29(31-25)32-26(35)16-17-36-30-33-27(23-12-6-20(2)7-13-23)28(34-30)24-14-8-21(3)9-15-24/h4-15,18H,16-17H2,1-3H3,(H,33,34)(H,31,32,35). The first-order valence-corrected chi connectivity index (χ1v) is 14.0. The highest BCUT2D eigenvalue weighted by atomic mass is 32.2. The molecule has 0 aliphatic rings. The molecule has 2 N–H and O–H groups in total. The number of benzene rings is 3. The summed E-state index contributed by atoms with van der Waals surface area (Å²) in [5.41, 5.74) is 9.61. The molecule has 0 radical (unpaired) electrons. The van der Waals surface area contributed by atoms with Gasteiger partial charge in [-0.1, -0.05) is 101 Å². The van der Waals surface area contributed by atoms with Crippen molar-refractivity contribution in [2.45, 2.75) is 32.3 Å². The van der Waals surface area contributed by atoms with E-state index in [1.165, 1.54) is 28.0 Å². The van der Waals surface area contributed by atoms with Crippen LogP contribution in [0.1, 0.15) is 23.1 Å². The average Bonchev–Trinajstić information content (AvgIpc) is 3.53. The Morgan fingerprint density at radius 3 is 2.00 bits per heavy atom. The van der Waals surface area contributed by atoms with Crippen LogP contribution in [0.4, 0.5) is 5.13 Å². The van der Waals surface area contributed by atoms with Crippen molar-refractivity contribution in [2.24, 2.45) is 0 Å². The number of thiazole rings is 1. The van der Waals surface area contributed by atoms with Crippen molar-refractivity contribution < 1.29 is 4.79 Å². The largest absolute Gasteiger partial charge is 0.332 e. The summed E-state index contributed by atoms with van der Waals surface area (Å²) in [7, 11) is 0. The van der Waals surface area contributed by atoms with Crippen LogP contribution in [-0.4, -0.2) is 26.6 Å². The molecule has 5 aromatic rings. The molecule has 1 amide bonds. The van der Waals surface area contributed by atoms with Gasteiger partial charge in [-0.2, -0.15) is 0 Å². The molecule has 0 aliphatic carbocycles. The van der Waals surface area contributed by atoms with Crippen LogP contribution >= 0.6 is 23.1 Å². The topological polar surface area (TPSA) is 70.7 Å². The average molecular weight is 525 g/mol. The number of aryl methyl sites for hydroxylation is 3. The molecule has 0 saturated carbocycles. The van der Waals surface area contributed by atoms with Gasteiger partial charge in [0.25, 0.3) is 0 Å². The number of hydrogen-bond acceptors (Lipinski definition) is 5. The van der Waals surface area contributed by atoms with Crippen LogP contribution in [0.3, 0.4) is 0 Å². The van der Waals surface area contributed by atoms with E-state index in [1.54, 1.807) is 11.8 Å². The van der Waals surface area contributed by atoms with Crippen molar-refractivity contribution in [2.75, 3.05) is 11.1 Å². The smallest absolute Gasteiger partial charge is 0.226 e. The Balaban J connectivity index is 1.24. The van der Waals surface area contributed by atoms with E-state index in [2.05, 4.69) is 96.7 Å². The number of anilines is 1. The number of H-pyrrole nitrogens is 1. The first-order valence-electron chi connectivity index (χ1n) is 12.1. The first kappa shape index (κ1) is 25.0. The maximum atomic E-state index is 12.6. The molecule has 7 heteroatoms. The van der Waals surface area contributed by atoms with Crippen LogP contribution < -0.4 is 5.32 Å². The molecule has 5 nitrogen and oxygen atoms in total. The van der Waals surface area contributed by atoms with Gasteiger partial charge in [-0.3, -0.25) is 4.79 Å². The summed E-state index contributed by atoms with van der Waals surface area (Å²) in [6.07, 6.45) is 0.366. The molecule has 5 rings (SSSR count). The van der Waals surface area contributed by atoms with Gasteiger partial charge in [0.1, 0.15) is 0 Å². The zero-order valence-corrected chi connectivity index (χ0v) is 22.7. The van der Waals surface area contributed by atoms with Gasteiger partial charge >= 0.3 is 0 Å². The molecule has 3 aromatic carbocycles. The summed E-state index contributed by atoms with van der Waals surface area (Å²) in [6.45, 7) is 6.22. The van der Waals surface area contributed by atoms with Crippen LogP contribution in [-0.2, 0) is 4.79 Å². The van der Waals surface area contributed by atoms with E-state index in [4.69, 9.17) is 4.98 Å². The number of imidazole rings is 1. The third-order valence-corrected chi connectivity index (χ3v) is 7.65. The molecule has 0 atom stereocenters. The minimum absolute atomic E-state index is 0.0543. The molecule has 0 fully saturated rings. The summed E-state index contributed by atoms with van der Waals surface area (Å²) < 4.78 is 0. The number of amides is 1. The Kier molecular flexibility index (Phi) is 7.53. The molecule has 186 valence electrons. The number of hydrogen-bond donors (Lipinski definition) is 2. The quantitative estimate of drug-likeness (QED) is 0.202. The molecule has 0 bridgehead atoms. The van der Waals surface area contributed by atoms with E-state index in [0.717, 1.165) is 38.9 Å². The Labute approximate surface area is 225 Å². The monoisotopic (exact) mass is 524 g/mol. The van der Waals surface area contributed by atoms with Crippen molar-refractivity contribution >= 4 is 34.1 Å². The van der Waals surface area contributed by atoms with Crippen molar-refractivity contribution in [3.8, 4) is 33.8 Å². The lowest BCUT2D eigenvalue weighted by Gasteiger charge is -2.04. The Hall–Kier alpha value is -3.68. The minimum atomic E-state index is -0.0543. The van der Waals surface area contributed by atoms with Crippen LogP contribution in [0.5, 0.6) is 0 Å². The maximum absolute atomic E-state index is 12.6. The lowest BCUT2D eigenvalue weighted by molar-refractivity contribution is -0.115. The van der Waals surface area contributed by atoms with Gasteiger partial charge < -0.3 is 10.3 Å². The van der Waals surface area contributed by atoms with Gasteiger partial charge in [0, 0.05) is 34.2 Å². The fraction of sp³-hybridized carbons (Fsp3) is 0.167. The second-order valence-corrected chi connectivity index (χ2v) is 11.0. The van der Waals surface area contributed by atoms with Crippen molar-refractivity contribution in [1.82, 2.24) is 15.0 Å². The summed E-state index contributed by atoms with van der Waals surface area (Å²) in [6, 6.07) is 25.1. The number of rotatable bonds is 8. The summed E-state index contributed by atoms with van der Waals surface area (Å²) in [5, 5.41) is 6.32. The zero-order valence-electron chi connectivity index (χ0n) is 21.0. The molecule has 2 aromatic heterocycles. The third-order valence-electron chi connectivity index (χ3n) is 6.01. The second kappa shape index (κ2) is 11.2. The normalized spacial score (nSPS) is 11.0. The zero-order chi connectivity index (χ0) is 25.8. The molecule has 0 unspecified atom stereocenters. The summed E-state index contributed by atoms with van der Waals surface area (Å²) >= 11 is 2.99. The third kappa shape index (κ3) is 6.18. The van der Waals surface area contributed by atoms with Crippen LogP contribution in [0.15, 0.2) is 83.3 Å². The minimum Gasteiger partial charge on any atom is -0.332 e. The van der Waals surface area contributed by atoms with Gasteiger partial charge in [0.15, 0.2) is 10.3 Å². The van der Waals surface area contributed by atoms with Crippen LogP contribution in [0.2, 0.25) is 0 Å². The maximum Gasteiger partial charge on any atom is 0.226 e. The lowest BCUT2D eigenvalue weighted by Crippen LogP contribution is -2.12. The number of nitrogens with one attached hydrogen (secondary N) is 2. The Morgan fingerprint density at radius 2 is 1.38 bits per heavy atom. The van der Waals surface area contributed by atoms with E-state index in [-0.39, 0.29) is 5.91 Å². The molecule has 2 heterocycles. The predicted octanol–water partition coefficient (Wildman–Crippen LogP) is 7.91. The molecule has 0 saturated heterocycles. The van der Waals surface area contributed by atoms with Crippen LogP contribution in [0.25, 0.3) is 33.8 Å². The second-order valence-electron chi connectivity index (χ2n) is 9.05. The predicted molar refractivity (Wildman–Crippen MR) is 155 cm³/mol. The van der Waals surface area contributed by atoms with Crippen molar-refractivity contribution in [1.29, 1.82) is 0 Å². The van der Waals surface area contributed by atoms with E-state index >= 15 is 0 Å². The summed E-state index contributed by atoms with van der Waals surface area (Å²) in [4.78, 5) is 25.5. The van der Waals surface area contributed by atoms with Gasteiger partial charge in [0.05, 0.1) is 17.1 Å². The fourth-order valence-electron chi connectivity index (χ4n) is 3.88. The van der Waals surface area contributed by atoms with Crippen molar-refractivity contribution in [3.63, 3.8) is 0 Å². The Bertz CT molecular complexity index is 1440. The highest BCUT2D eigenvalue weighted by molar-refractivity contribution is 7.99. The number of aromatic nitrogens is 3. The summed E-state index contributed by atoms with van der Waals surface area (Å²) in [5.74, 6) is 0.553. The van der Waals surface area contributed by atoms with Crippen LogP contribution in [0, 0.1) is 20.8 Å². The first-order chi connectivity index (χ1) is 17.9. The molecule has 37 heavy (non-hydrogen) atoms. The molecular formula is C30H28N4OS2. The van der Waals surface area contributed by atoms with E-state index < -0.39 is 0 Å². The van der Waals surface area contributed by atoms with E-state index in [9.17, 15) is 4.79 Å². The number of carbonyl (C=O) groups is 1. The number of thioether (sulfide) groups is 1. The Morgan fingerprint density at radius 1 is 0.811 bits per heavy atom. The molecule has 0 spiro atoms. The number of nitrogens with zero attached hydrogens (tertiary/aromatic N) is 2. The van der Waals surface area contributed by atoms with Gasteiger partial charge in [0.2, 0.25) is 5.91 Å². The highest BCUT2D eigenvalue weighted by Crippen LogP contribution is 2.33. The van der Waals surface area contributed by atoms with Crippen molar-refractivity contribution in [3.05, 3.63) is 94.9 Å². The van der Waals surface area contributed by atoms with Gasteiger partial charge in [-0.05, 0) is 20.8 Å². The SMILES string of the molecule is Cc1ccc(-c2csc(NC(=O)CCSc3nc(-c4ccc(C)cc4)c(-c4ccc(C)cc4)[nH]3)n2)cc1. The fourth-order valence-corrected chi connectivity index (χ4v) is 5.43. The molecule has 0 aliphatic heterocycles. The molecular weight excluding hydrogens is 496 g/mol. The number of aromatic amines is 1.